The molecule has 2 aliphatic rings. The predicted molar refractivity (Wildman–Crippen MR) is 132 cm³/mol. The molecule has 1 fully saturated rings. The number of imide groups is 1. The summed E-state index contributed by atoms with van der Waals surface area (Å²) in [5.74, 6) is -1.11. The Balaban J connectivity index is 0.000000658. The highest BCUT2D eigenvalue weighted by molar-refractivity contribution is 7.85. The van der Waals surface area contributed by atoms with Gasteiger partial charge in [0.15, 0.2) is 5.78 Å². The lowest BCUT2D eigenvalue weighted by molar-refractivity contribution is -0.139. The molecule has 0 saturated carbocycles. The normalized spacial score (nSPS) is 18.3. The van der Waals surface area contributed by atoms with Crippen molar-refractivity contribution >= 4 is 39.3 Å². The molecule has 0 radical (unpaired) electrons. The summed E-state index contributed by atoms with van der Waals surface area (Å²) in [7, 11) is -3.67. The second-order valence-corrected chi connectivity index (χ2v) is 10.3. The lowest BCUT2D eigenvalue weighted by Crippen LogP contribution is -2.33. The van der Waals surface area contributed by atoms with Crippen LogP contribution in [-0.4, -0.2) is 60.8 Å². The number of Topliss-reactive ketones (excluding diaryl/α,β-unsaturated/α-hetero) is 1. The Kier molecular flexibility index (Phi) is 8.39. The highest BCUT2D eigenvalue weighted by Gasteiger charge is 2.35. The maximum absolute atomic E-state index is 12.4. The van der Waals surface area contributed by atoms with E-state index in [0.717, 1.165) is 27.2 Å². The molecular formula is C25H28N2O8S. The quantitative estimate of drug-likeness (QED) is 0.422. The number of nitrogens with zero attached hydrogens (tertiary/aromatic N) is 1. The van der Waals surface area contributed by atoms with Crippen LogP contribution < -0.4 is 5.32 Å². The molecule has 1 aliphatic carbocycles. The van der Waals surface area contributed by atoms with Crippen LogP contribution in [0.4, 0.5) is 5.69 Å². The number of carbonyl (C=O) groups is 4. The number of rotatable bonds is 7. The van der Waals surface area contributed by atoms with Gasteiger partial charge < -0.3 is 10.1 Å². The molecule has 0 spiro atoms. The second-order valence-electron chi connectivity index (χ2n) is 8.80. The van der Waals surface area contributed by atoms with Gasteiger partial charge in [-0.1, -0.05) is 37.3 Å². The Labute approximate surface area is 209 Å². The van der Waals surface area contributed by atoms with E-state index >= 15 is 0 Å². The molecule has 2 aromatic rings. The fraction of sp³-hybridized carbons (Fsp3) is 0.360. The van der Waals surface area contributed by atoms with E-state index in [4.69, 9.17) is 9.29 Å². The van der Waals surface area contributed by atoms with Gasteiger partial charge in [-0.25, -0.2) is 0 Å². The Morgan fingerprint density at radius 3 is 2.36 bits per heavy atom. The van der Waals surface area contributed by atoms with Crippen molar-refractivity contribution in [2.45, 2.75) is 32.8 Å². The van der Waals surface area contributed by atoms with Gasteiger partial charge in [0.1, 0.15) is 12.7 Å². The molecule has 2 aromatic carbocycles. The highest BCUT2D eigenvalue weighted by Crippen LogP contribution is 2.46. The van der Waals surface area contributed by atoms with E-state index in [1.807, 2.05) is 42.5 Å². The van der Waals surface area contributed by atoms with Crippen LogP contribution in [0.5, 0.6) is 0 Å². The van der Waals surface area contributed by atoms with Gasteiger partial charge in [0.25, 0.3) is 10.1 Å². The fourth-order valence-corrected chi connectivity index (χ4v) is 4.14. The van der Waals surface area contributed by atoms with Crippen molar-refractivity contribution < 1.29 is 36.9 Å². The van der Waals surface area contributed by atoms with E-state index in [2.05, 4.69) is 5.32 Å². The smallest absolute Gasteiger partial charge is 0.261 e. The van der Waals surface area contributed by atoms with Crippen LogP contribution in [0, 0.1) is 5.92 Å². The maximum Gasteiger partial charge on any atom is 0.261 e. The Morgan fingerprint density at radius 1 is 1.11 bits per heavy atom. The van der Waals surface area contributed by atoms with Gasteiger partial charge in [0.05, 0.1) is 6.26 Å². The number of ether oxygens (including phenoxy) is 1. The highest BCUT2D eigenvalue weighted by atomic mass is 32.2. The zero-order valence-electron chi connectivity index (χ0n) is 20.2. The lowest BCUT2D eigenvalue weighted by Gasteiger charge is -2.16. The third-order valence-electron chi connectivity index (χ3n) is 5.64. The Hall–Kier alpha value is -3.41. The second kappa shape index (κ2) is 11.1. The van der Waals surface area contributed by atoms with E-state index < -0.39 is 10.1 Å². The fourth-order valence-electron chi connectivity index (χ4n) is 4.14. The Morgan fingerprint density at radius 2 is 1.75 bits per heavy atom. The molecule has 1 aliphatic heterocycles. The first-order valence-corrected chi connectivity index (χ1v) is 13.1. The summed E-state index contributed by atoms with van der Waals surface area (Å²) in [5.41, 5.74) is 4.52. The summed E-state index contributed by atoms with van der Waals surface area (Å²) in [5, 5.41) is 2.84. The van der Waals surface area contributed by atoms with E-state index in [9.17, 15) is 27.6 Å². The van der Waals surface area contributed by atoms with Crippen LogP contribution in [0.25, 0.3) is 11.1 Å². The van der Waals surface area contributed by atoms with Crippen molar-refractivity contribution in [1.29, 1.82) is 0 Å². The molecule has 1 saturated heterocycles. The number of carbonyl (C=O) groups excluding carboxylic acids is 4. The van der Waals surface area contributed by atoms with E-state index in [-0.39, 0.29) is 61.5 Å². The molecule has 10 nitrogen and oxygen atoms in total. The van der Waals surface area contributed by atoms with Gasteiger partial charge in [-0.05, 0) is 41.3 Å². The summed E-state index contributed by atoms with van der Waals surface area (Å²) in [6.07, 6.45) is 0.569. The first-order chi connectivity index (χ1) is 16.8. The molecule has 4 rings (SSSR count). The predicted octanol–water partition coefficient (Wildman–Crippen LogP) is 2.59. The molecular weight excluding hydrogens is 488 g/mol. The van der Waals surface area contributed by atoms with Gasteiger partial charge in [-0.2, -0.15) is 8.42 Å². The average molecular weight is 517 g/mol. The molecule has 3 amide bonds. The monoisotopic (exact) mass is 516 g/mol. The van der Waals surface area contributed by atoms with Gasteiger partial charge in [0.2, 0.25) is 17.7 Å². The third kappa shape index (κ3) is 6.84. The molecule has 2 N–H and O–H groups in total. The van der Waals surface area contributed by atoms with Crippen molar-refractivity contribution in [3.8, 4) is 11.1 Å². The van der Waals surface area contributed by atoms with E-state index in [0.29, 0.717) is 11.9 Å². The van der Waals surface area contributed by atoms with Crippen LogP contribution >= 0.6 is 0 Å². The minimum atomic E-state index is -3.67. The minimum absolute atomic E-state index is 0.00530. The summed E-state index contributed by atoms with van der Waals surface area (Å²) in [6.45, 7) is 3.28. The lowest BCUT2D eigenvalue weighted by atomic mass is 10.1. The average Bonchev–Trinajstić information content (AvgIpc) is 3.22. The van der Waals surface area contributed by atoms with Crippen molar-refractivity contribution in [2.75, 3.05) is 24.7 Å². The number of nitrogens with one attached hydrogen (secondary N) is 1. The van der Waals surface area contributed by atoms with Crippen molar-refractivity contribution in [2.24, 2.45) is 5.92 Å². The zero-order chi connectivity index (χ0) is 26.6. The number of ketones is 1. The third-order valence-corrected chi connectivity index (χ3v) is 5.64. The van der Waals surface area contributed by atoms with Crippen LogP contribution in [-0.2, 0) is 34.0 Å². The number of likely N-dealkylation sites (tertiary alicyclic amines) is 1. The summed E-state index contributed by atoms with van der Waals surface area (Å²) < 4.78 is 31.8. The molecule has 0 bridgehead atoms. The van der Waals surface area contributed by atoms with Crippen LogP contribution in [0.3, 0.4) is 0 Å². The maximum atomic E-state index is 12.4. The zero-order valence-corrected chi connectivity index (χ0v) is 21.0. The summed E-state index contributed by atoms with van der Waals surface area (Å²) in [4.78, 5) is 48.9. The van der Waals surface area contributed by atoms with Gasteiger partial charge >= 0.3 is 0 Å². The van der Waals surface area contributed by atoms with E-state index in [1.165, 1.54) is 6.92 Å². The van der Waals surface area contributed by atoms with Gasteiger partial charge in [-0.15, -0.1) is 0 Å². The molecule has 2 unspecified atom stereocenters. The molecule has 192 valence electrons. The minimum Gasteiger partial charge on any atom is -0.361 e. The standard InChI is InChI=1S/C24H24N2O5.CH4O3S/c1-14-11-22(29)26(24(14)30)10-9-21(28)25-16-7-8-18-17-5-3-4-6-19(17)23(20(18)12-16)31-13-15(2)27;1-5(2,3)4/h3-8,12,14,23H,9-11,13H2,1-2H3,(H,25,28);1H3,(H,2,3,4). The Bertz CT molecular complexity index is 1300. The van der Waals surface area contributed by atoms with E-state index in [1.54, 1.807) is 6.92 Å². The number of fused-ring (bicyclic) bond motifs is 3. The van der Waals surface area contributed by atoms with Crippen molar-refractivity contribution in [3.63, 3.8) is 0 Å². The van der Waals surface area contributed by atoms with Crippen molar-refractivity contribution in [3.05, 3.63) is 53.6 Å². The first kappa shape index (κ1) is 27.2. The van der Waals surface area contributed by atoms with Gasteiger partial charge in [0, 0.05) is 31.0 Å². The molecule has 2 atom stereocenters. The largest absolute Gasteiger partial charge is 0.361 e. The number of anilines is 1. The summed E-state index contributed by atoms with van der Waals surface area (Å²) in [6, 6.07) is 13.5. The topological polar surface area (TPSA) is 147 Å². The number of hydrogen-bond acceptors (Lipinski definition) is 7. The molecule has 1 heterocycles. The van der Waals surface area contributed by atoms with Crippen LogP contribution in [0.1, 0.15) is 43.9 Å². The number of benzene rings is 2. The van der Waals surface area contributed by atoms with Gasteiger partial charge in [-0.3, -0.25) is 28.6 Å². The van der Waals surface area contributed by atoms with Crippen LogP contribution in [0.15, 0.2) is 42.5 Å². The van der Waals surface area contributed by atoms with Crippen molar-refractivity contribution in [1.82, 2.24) is 4.90 Å². The SMILES string of the molecule is CC(=O)COC1c2ccccc2-c2ccc(NC(=O)CCN3C(=O)CC(C)C3=O)cc21.CS(=O)(=O)O. The molecule has 36 heavy (non-hydrogen) atoms. The number of hydrogen-bond donors (Lipinski definition) is 2. The molecule has 11 heteroatoms. The first-order valence-electron chi connectivity index (χ1n) is 11.3. The van der Waals surface area contributed by atoms with Crippen LogP contribution in [0.2, 0.25) is 0 Å². The molecule has 0 aromatic heterocycles. The summed E-state index contributed by atoms with van der Waals surface area (Å²) >= 11 is 0. The number of amides is 3.